The summed E-state index contributed by atoms with van der Waals surface area (Å²) in [5.74, 6) is -4.43. The summed E-state index contributed by atoms with van der Waals surface area (Å²) in [7, 11) is 3.29. The molecule has 0 radical (unpaired) electrons. The summed E-state index contributed by atoms with van der Waals surface area (Å²) in [4.78, 5) is 22.3. The smallest absolute Gasteiger partial charge is 0.312 e. The minimum absolute atomic E-state index is 0.0163. The third-order valence-corrected chi connectivity index (χ3v) is 6.43. The number of urea groups is 1. The third kappa shape index (κ3) is 3.86. The third-order valence-electron chi connectivity index (χ3n) is 6.43. The Kier molecular flexibility index (Phi) is 5.62. The molecule has 2 amide bonds. The number of aromatic nitrogens is 3. The van der Waals surface area contributed by atoms with E-state index in [-0.39, 0.29) is 17.4 Å². The van der Waals surface area contributed by atoms with Crippen LogP contribution in [0.4, 0.5) is 23.7 Å². The molecule has 0 saturated carbocycles. The number of benzene rings is 2. The van der Waals surface area contributed by atoms with Gasteiger partial charge in [0.15, 0.2) is 17.5 Å². The van der Waals surface area contributed by atoms with Crippen LogP contribution in [0.25, 0.3) is 21.9 Å². The number of fused-ring (bicyclic) bond motifs is 2. The summed E-state index contributed by atoms with van der Waals surface area (Å²) in [6, 6.07) is 7.31. The minimum atomic E-state index is -1.62. The molecule has 11 heteroatoms. The van der Waals surface area contributed by atoms with Gasteiger partial charge in [0.25, 0.3) is 0 Å². The largest absolute Gasteiger partial charge is 0.480 e. The second kappa shape index (κ2) is 8.64. The summed E-state index contributed by atoms with van der Waals surface area (Å²) in [5, 5.41) is 3.75. The van der Waals surface area contributed by atoms with E-state index in [1.165, 1.54) is 7.11 Å². The molecule has 35 heavy (non-hydrogen) atoms. The van der Waals surface area contributed by atoms with E-state index >= 15 is 0 Å². The van der Waals surface area contributed by atoms with Crippen LogP contribution < -0.4 is 20.7 Å². The fraction of sp³-hybridized carbons (Fsp3) is 0.292. The van der Waals surface area contributed by atoms with Gasteiger partial charge in [-0.1, -0.05) is 18.2 Å². The normalized spacial score (nSPS) is 18.3. The first kappa shape index (κ1) is 22.8. The van der Waals surface area contributed by atoms with E-state index in [0.29, 0.717) is 25.1 Å². The van der Waals surface area contributed by atoms with E-state index in [0.717, 1.165) is 22.7 Å². The van der Waals surface area contributed by atoms with Crippen molar-refractivity contribution in [1.82, 2.24) is 19.9 Å². The fourth-order valence-corrected chi connectivity index (χ4v) is 4.86. The molecule has 3 heterocycles. The lowest BCUT2D eigenvalue weighted by atomic mass is 9.93. The van der Waals surface area contributed by atoms with Gasteiger partial charge < -0.3 is 25.3 Å². The first-order chi connectivity index (χ1) is 16.8. The van der Waals surface area contributed by atoms with Crippen molar-refractivity contribution in [3.05, 3.63) is 59.7 Å². The average Bonchev–Trinajstić information content (AvgIpc) is 3.18. The van der Waals surface area contributed by atoms with Crippen LogP contribution in [0.15, 0.2) is 36.5 Å². The minimum Gasteiger partial charge on any atom is -0.480 e. The van der Waals surface area contributed by atoms with Crippen molar-refractivity contribution >= 4 is 33.7 Å². The van der Waals surface area contributed by atoms with Crippen LogP contribution >= 0.6 is 0 Å². The van der Waals surface area contributed by atoms with E-state index in [1.54, 1.807) is 0 Å². The van der Waals surface area contributed by atoms with Crippen LogP contribution in [0.2, 0.25) is 0 Å². The SMILES string of the molecule is COc1nc2c(F)c(F)c(F)cc2nc1C1CC(NC(N)=O)CCN1c1cn(C)c2ccccc12. The molecule has 1 saturated heterocycles. The summed E-state index contributed by atoms with van der Waals surface area (Å²) >= 11 is 0. The standard InChI is InChI=1S/C24H23F3N6O2/c1-32-11-18(13-5-3-4-6-16(13)32)33-8-7-12(29-24(28)34)9-17(33)22-23(35-2)31-21-15(30-22)10-14(25)19(26)20(21)27/h3-6,10-12,17H,7-9H2,1-2H3,(H3,28,29,34). The maximum Gasteiger partial charge on any atom is 0.312 e. The van der Waals surface area contributed by atoms with Crippen LogP contribution in [0.1, 0.15) is 24.6 Å². The van der Waals surface area contributed by atoms with Crippen LogP contribution in [-0.2, 0) is 7.05 Å². The van der Waals surface area contributed by atoms with Gasteiger partial charge in [0.2, 0.25) is 5.88 Å². The van der Waals surface area contributed by atoms with Crippen LogP contribution in [-0.4, -0.2) is 40.3 Å². The van der Waals surface area contributed by atoms with Crippen molar-refractivity contribution in [3.63, 3.8) is 0 Å². The van der Waals surface area contributed by atoms with E-state index in [4.69, 9.17) is 10.5 Å². The second-order valence-electron chi connectivity index (χ2n) is 8.55. The Labute approximate surface area is 198 Å². The number of anilines is 1. The van der Waals surface area contributed by atoms with Crippen molar-refractivity contribution < 1.29 is 22.7 Å². The number of hydrogen-bond donors (Lipinski definition) is 2. The Morgan fingerprint density at radius 3 is 2.71 bits per heavy atom. The number of aryl methyl sites for hydroxylation is 1. The number of carbonyl (C=O) groups excluding carboxylic acids is 1. The Balaban J connectivity index is 1.69. The summed E-state index contributed by atoms with van der Waals surface area (Å²) < 4.78 is 49.7. The van der Waals surface area contributed by atoms with Crippen molar-refractivity contribution in [2.24, 2.45) is 12.8 Å². The molecular weight excluding hydrogens is 461 g/mol. The second-order valence-corrected chi connectivity index (χ2v) is 8.55. The predicted molar refractivity (Wildman–Crippen MR) is 125 cm³/mol. The number of hydrogen-bond acceptors (Lipinski definition) is 5. The zero-order valence-electron chi connectivity index (χ0n) is 19.1. The Morgan fingerprint density at radius 2 is 1.97 bits per heavy atom. The van der Waals surface area contributed by atoms with Crippen molar-refractivity contribution in [1.29, 1.82) is 0 Å². The number of halogens is 3. The Hall–Kier alpha value is -4.02. The summed E-state index contributed by atoms with van der Waals surface area (Å²) in [6.45, 7) is 0.526. The van der Waals surface area contributed by atoms with E-state index in [1.807, 2.05) is 42.1 Å². The van der Waals surface area contributed by atoms with Crippen LogP contribution in [0.5, 0.6) is 5.88 Å². The zero-order chi connectivity index (χ0) is 24.9. The van der Waals surface area contributed by atoms with Gasteiger partial charge in [-0.05, 0) is 18.9 Å². The molecule has 2 aromatic heterocycles. The lowest BCUT2D eigenvalue weighted by Gasteiger charge is -2.40. The molecule has 2 atom stereocenters. The number of amides is 2. The highest BCUT2D eigenvalue weighted by atomic mass is 19.2. The molecule has 2 aromatic carbocycles. The number of ether oxygens (including phenoxy) is 1. The molecule has 4 aromatic rings. The highest BCUT2D eigenvalue weighted by Crippen LogP contribution is 2.41. The van der Waals surface area contributed by atoms with E-state index in [9.17, 15) is 18.0 Å². The zero-order valence-corrected chi connectivity index (χ0v) is 19.1. The molecule has 0 spiro atoms. The maximum absolute atomic E-state index is 14.4. The first-order valence-electron chi connectivity index (χ1n) is 11.0. The van der Waals surface area contributed by atoms with Crippen molar-refractivity contribution in [2.45, 2.75) is 24.9 Å². The number of nitrogens with zero attached hydrogens (tertiary/aromatic N) is 4. The maximum atomic E-state index is 14.4. The molecule has 182 valence electrons. The first-order valence-corrected chi connectivity index (χ1v) is 11.0. The number of nitrogens with two attached hydrogens (primary N) is 1. The van der Waals surface area contributed by atoms with Gasteiger partial charge in [-0.2, -0.15) is 0 Å². The number of rotatable bonds is 4. The molecule has 5 rings (SSSR count). The molecule has 0 bridgehead atoms. The summed E-state index contributed by atoms with van der Waals surface area (Å²) in [5.41, 5.74) is 7.06. The topological polar surface area (TPSA) is 98.3 Å². The lowest BCUT2D eigenvalue weighted by molar-refractivity contribution is 0.240. The van der Waals surface area contributed by atoms with Gasteiger partial charge in [-0.3, -0.25) is 0 Å². The number of para-hydroxylation sites is 1. The van der Waals surface area contributed by atoms with Gasteiger partial charge >= 0.3 is 6.03 Å². The molecule has 0 aliphatic carbocycles. The van der Waals surface area contributed by atoms with Gasteiger partial charge in [-0.25, -0.2) is 27.9 Å². The average molecular weight is 484 g/mol. The molecule has 2 unspecified atom stereocenters. The number of piperidine rings is 1. The number of nitrogens with one attached hydrogen (secondary N) is 1. The Morgan fingerprint density at radius 1 is 1.20 bits per heavy atom. The van der Waals surface area contributed by atoms with Gasteiger partial charge in [-0.15, -0.1) is 0 Å². The van der Waals surface area contributed by atoms with Gasteiger partial charge in [0.1, 0.15) is 11.2 Å². The highest BCUT2D eigenvalue weighted by molar-refractivity contribution is 5.93. The molecule has 1 aliphatic heterocycles. The monoisotopic (exact) mass is 484 g/mol. The lowest BCUT2D eigenvalue weighted by Crippen LogP contribution is -2.48. The van der Waals surface area contributed by atoms with Crippen LogP contribution in [0.3, 0.4) is 0 Å². The Bertz CT molecular complexity index is 1460. The van der Waals surface area contributed by atoms with Gasteiger partial charge in [0, 0.05) is 42.8 Å². The predicted octanol–water partition coefficient (Wildman–Crippen LogP) is 3.93. The van der Waals surface area contributed by atoms with Crippen molar-refractivity contribution in [3.8, 4) is 5.88 Å². The highest BCUT2D eigenvalue weighted by Gasteiger charge is 2.35. The van der Waals surface area contributed by atoms with Crippen LogP contribution in [0, 0.1) is 17.5 Å². The van der Waals surface area contributed by atoms with Crippen molar-refractivity contribution in [2.75, 3.05) is 18.6 Å². The molecule has 1 aliphatic rings. The van der Waals surface area contributed by atoms with E-state index < -0.39 is 35.0 Å². The number of methoxy groups -OCH3 is 1. The number of primary amides is 1. The summed E-state index contributed by atoms with van der Waals surface area (Å²) in [6.07, 6.45) is 2.99. The molecular formula is C24H23F3N6O2. The van der Waals surface area contributed by atoms with E-state index in [2.05, 4.69) is 20.2 Å². The number of carbonyl (C=O) groups is 1. The van der Waals surface area contributed by atoms with Gasteiger partial charge in [0.05, 0.1) is 24.4 Å². The molecule has 3 N–H and O–H groups in total. The fourth-order valence-electron chi connectivity index (χ4n) is 4.86. The quantitative estimate of drug-likeness (QED) is 0.428. The molecule has 8 nitrogen and oxygen atoms in total. The molecule has 1 fully saturated rings.